The molecular formula is C37H34N2O4S. The maximum atomic E-state index is 15.0. The van der Waals surface area contributed by atoms with Gasteiger partial charge >= 0.3 is 5.97 Å². The highest BCUT2D eigenvalue weighted by molar-refractivity contribution is 7.07. The number of hydrogen-bond donors (Lipinski definition) is 1. The number of rotatable bonds is 12. The third-order valence-corrected chi connectivity index (χ3v) is 8.65. The largest absolute Gasteiger partial charge is 0.465 e. The highest BCUT2D eigenvalue weighted by Crippen LogP contribution is 2.47. The molecule has 2 heterocycles. The molecule has 0 aliphatic carbocycles. The standard InChI is InChI=1S/C37H34N2O4S/c1-2-42-35(40)34(38-33(29-16-8-4-9-17-29)30-18-10-5-11-19-30)37(43-25-28-22-23-44-26-28)31-20-12-13-21-32(31)39(36(37)41)24-27-14-6-3-7-15-27/h3-23,26,33-34,38H,2,24-25H2,1H3/t34-,37+/m1/s1. The Bertz CT molecular complexity index is 1640. The molecule has 222 valence electrons. The summed E-state index contributed by atoms with van der Waals surface area (Å²) in [5.74, 6) is -0.873. The SMILES string of the molecule is CCOC(=O)[C@@H](NC(c1ccccc1)c1ccccc1)[C@]1(OCc2ccsc2)C(=O)N(Cc2ccccc2)c2ccccc21. The van der Waals surface area contributed by atoms with E-state index in [1.165, 1.54) is 0 Å². The number of esters is 1. The Hall–Kier alpha value is -4.56. The number of benzene rings is 4. The van der Waals surface area contributed by atoms with Gasteiger partial charge in [-0.15, -0.1) is 0 Å². The summed E-state index contributed by atoms with van der Waals surface area (Å²) in [7, 11) is 0. The fourth-order valence-corrected chi connectivity index (χ4v) is 6.52. The Labute approximate surface area is 261 Å². The van der Waals surface area contributed by atoms with Crippen LogP contribution in [0.5, 0.6) is 0 Å². The summed E-state index contributed by atoms with van der Waals surface area (Å²) in [6.07, 6.45) is 0. The smallest absolute Gasteiger partial charge is 0.327 e. The fourth-order valence-electron chi connectivity index (χ4n) is 5.86. The minimum Gasteiger partial charge on any atom is -0.465 e. The zero-order chi connectivity index (χ0) is 30.4. The van der Waals surface area contributed by atoms with Gasteiger partial charge in [-0.2, -0.15) is 11.3 Å². The number of anilines is 1. The van der Waals surface area contributed by atoms with Gasteiger partial charge in [0.15, 0.2) is 5.60 Å². The van der Waals surface area contributed by atoms with Gasteiger partial charge in [0, 0.05) is 5.56 Å². The molecule has 5 aromatic rings. The predicted octanol–water partition coefficient (Wildman–Crippen LogP) is 7.02. The second-order valence-corrected chi connectivity index (χ2v) is 11.4. The van der Waals surface area contributed by atoms with Crippen LogP contribution in [-0.4, -0.2) is 24.5 Å². The van der Waals surface area contributed by atoms with Crippen LogP contribution in [0.2, 0.25) is 0 Å². The topological polar surface area (TPSA) is 67.9 Å². The molecule has 6 rings (SSSR count). The highest BCUT2D eigenvalue weighted by atomic mass is 32.1. The van der Waals surface area contributed by atoms with Crippen molar-refractivity contribution in [2.45, 2.75) is 37.8 Å². The molecule has 0 fully saturated rings. The molecule has 2 atom stereocenters. The Morgan fingerprint density at radius 3 is 2.05 bits per heavy atom. The number of nitrogens with zero attached hydrogens (tertiary/aromatic N) is 1. The molecule has 0 saturated heterocycles. The van der Waals surface area contributed by atoms with E-state index in [0.29, 0.717) is 17.8 Å². The van der Waals surface area contributed by atoms with E-state index in [4.69, 9.17) is 9.47 Å². The summed E-state index contributed by atoms with van der Waals surface area (Å²) >= 11 is 1.56. The Morgan fingerprint density at radius 2 is 1.43 bits per heavy atom. The minimum absolute atomic E-state index is 0.141. The molecule has 1 aliphatic heterocycles. The van der Waals surface area contributed by atoms with E-state index in [2.05, 4.69) is 5.32 Å². The van der Waals surface area contributed by atoms with Crippen molar-refractivity contribution in [1.82, 2.24) is 5.32 Å². The van der Waals surface area contributed by atoms with E-state index in [1.54, 1.807) is 23.2 Å². The lowest BCUT2D eigenvalue weighted by Crippen LogP contribution is -2.60. The Kier molecular flexibility index (Phi) is 8.98. The van der Waals surface area contributed by atoms with Gasteiger partial charge in [-0.3, -0.25) is 14.9 Å². The first kappa shape index (κ1) is 29.5. The average Bonchev–Trinajstić information content (AvgIpc) is 3.67. The number of ether oxygens (including phenoxy) is 2. The summed E-state index contributed by atoms with van der Waals surface area (Å²) in [6, 6.07) is 37.6. The zero-order valence-corrected chi connectivity index (χ0v) is 25.3. The number of hydrogen-bond acceptors (Lipinski definition) is 6. The Balaban J connectivity index is 1.52. The van der Waals surface area contributed by atoms with E-state index >= 15 is 4.79 Å². The molecular weight excluding hydrogens is 568 g/mol. The summed E-state index contributed by atoms with van der Waals surface area (Å²) in [5.41, 5.74) is 3.41. The predicted molar refractivity (Wildman–Crippen MR) is 173 cm³/mol. The second-order valence-electron chi connectivity index (χ2n) is 10.7. The third kappa shape index (κ3) is 5.82. The van der Waals surface area contributed by atoms with Crippen LogP contribution in [0.1, 0.15) is 40.8 Å². The van der Waals surface area contributed by atoms with Crippen LogP contribution in [0, 0.1) is 0 Å². The lowest BCUT2D eigenvalue weighted by Gasteiger charge is -2.38. The van der Waals surface area contributed by atoms with Crippen LogP contribution in [0.25, 0.3) is 0 Å². The first-order valence-corrected chi connectivity index (χ1v) is 15.7. The van der Waals surface area contributed by atoms with Gasteiger partial charge in [0.2, 0.25) is 0 Å². The van der Waals surface area contributed by atoms with Crippen LogP contribution >= 0.6 is 11.3 Å². The molecule has 0 spiro atoms. The number of fused-ring (bicyclic) bond motifs is 1. The molecule has 1 N–H and O–H groups in total. The minimum atomic E-state index is -1.71. The van der Waals surface area contributed by atoms with Crippen LogP contribution in [0.3, 0.4) is 0 Å². The average molecular weight is 603 g/mol. The van der Waals surface area contributed by atoms with Crippen LogP contribution in [0.15, 0.2) is 132 Å². The summed E-state index contributed by atoms with van der Waals surface area (Å²) in [4.78, 5) is 30.9. The monoisotopic (exact) mass is 602 g/mol. The van der Waals surface area contributed by atoms with E-state index in [1.807, 2.05) is 132 Å². The van der Waals surface area contributed by atoms with Gasteiger partial charge in [-0.05, 0) is 52.1 Å². The number of amides is 1. The van der Waals surface area contributed by atoms with Crippen LogP contribution in [0.4, 0.5) is 5.69 Å². The van der Waals surface area contributed by atoms with Gasteiger partial charge < -0.3 is 14.4 Å². The maximum absolute atomic E-state index is 15.0. The van der Waals surface area contributed by atoms with E-state index < -0.39 is 23.7 Å². The first-order valence-electron chi connectivity index (χ1n) is 14.7. The van der Waals surface area contributed by atoms with Crippen molar-refractivity contribution < 1.29 is 19.1 Å². The number of carbonyl (C=O) groups excluding carboxylic acids is 2. The summed E-state index contributed by atoms with van der Waals surface area (Å²) in [5, 5.41) is 7.56. The fraction of sp³-hybridized carbons (Fsp3) is 0.189. The lowest BCUT2D eigenvalue weighted by molar-refractivity contribution is -0.169. The molecule has 0 saturated carbocycles. The van der Waals surface area contributed by atoms with Crippen LogP contribution < -0.4 is 10.2 Å². The van der Waals surface area contributed by atoms with E-state index in [-0.39, 0.29) is 19.1 Å². The molecule has 1 aliphatic rings. The summed E-state index contributed by atoms with van der Waals surface area (Å²) in [6.45, 7) is 2.40. The van der Waals surface area contributed by atoms with Gasteiger partial charge in [0.05, 0.1) is 31.5 Å². The van der Waals surface area contributed by atoms with Crippen molar-refractivity contribution >= 4 is 28.9 Å². The van der Waals surface area contributed by atoms with Crippen molar-refractivity contribution in [1.29, 1.82) is 0 Å². The van der Waals surface area contributed by atoms with Gasteiger partial charge in [-0.1, -0.05) is 109 Å². The number of thiophene rings is 1. The third-order valence-electron chi connectivity index (χ3n) is 7.92. The quantitative estimate of drug-likeness (QED) is 0.156. The van der Waals surface area contributed by atoms with Crippen molar-refractivity contribution in [3.05, 3.63) is 160 Å². The summed E-state index contributed by atoms with van der Waals surface area (Å²) < 4.78 is 12.5. The maximum Gasteiger partial charge on any atom is 0.327 e. The first-order chi connectivity index (χ1) is 21.6. The molecule has 0 bridgehead atoms. The number of carbonyl (C=O) groups is 2. The van der Waals surface area contributed by atoms with Gasteiger partial charge in [0.1, 0.15) is 6.04 Å². The van der Waals surface area contributed by atoms with Crippen molar-refractivity contribution in [2.24, 2.45) is 0 Å². The van der Waals surface area contributed by atoms with Crippen molar-refractivity contribution in [3.63, 3.8) is 0 Å². The normalized spacial score (nSPS) is 16.6. The van der Waals surface area contributed by atoms with Crippen LogP contribution in [-0.2, 0) is 37.8 Å². The van der Waals surface area contributed by atoms with E-state index in [9.17, 15) is 4.79 Å². The van der Waals surface area contributed by atoms with Crippen molar-refractivity contribution in [2.75, 3.05) is 11.5 Å². The van der Waals surface area contributed by atoms with E-state index in [0.717, 1.165) is 22.3 Å². The lowest BCUT2D eigenvalue weighted by atomic mass is 9.85. The number of para-hydroxylation sites is 1. The molecule has 1 aromatic heterocycles. The molecule has 0 radical (unpaired) electrons. The number of nitrogens with one attached hydrogen (secondary N) is 1. The van der Waals surface area contributed by atoms with Gasteiger partial charge in [-0.25, -0.2) is 0 Å². The van der Waals surface area contributed by atoms with Crippen molar-refractivity contribution in [3.8, 4) is 0 Å². The molecule has 4 aromatic carbocycles. The molecule has 7 heteroatoms. The highest BCUT2D eigenvalue weighted by Gasteiger charge is 2.60. The Morgan fingerprint density at radius 1 is 0.818 bits per heavy atom. The van der Waals surface area contributed by atoms with Gasteiger partial charge in [0.25, 0.3) is 5.91 Å². The zero-order valence-electron chi connectivity index (χ0n) is 24.5. The molecule has 0 unspecified atom stereocenters. The molecule has 6 nitrogen and oxygen atoms in total. The molecule has 1 amide bonds. The second kappa shape index (κ2) is 13.4. The molecule has 44 heavy (non-hydrogen) atoms.